The van der Waals surface area contributed by atoms with E-state index in [1.54, 1.807) is 0 Å². The minimum absolute atomic E-state index is 0.0407. The molecule has 1 aliphatic rings. The predicted molar refractivity (Wildman–Crippen MR) is 85.3 cm³/mol. The van der Waals surface area contributed by atoms with Crippen LogP contribution in [0.2, 0.25) is 0 Å². The molecule has 1 aliphatic heterocycles. The Hall–Kier alpha value is -1.55. The Kier molecular flexibility index (Phi) is 5.23. The lowest BCUT2D eigenvalue weighted by Crippen LogP contribution is -2.48. The fourth-order valence-corrected chi connectivity index (χ4v) is 2.98. The number of nitrogens with zero attached hydrogens (tertiary/aromatic N) is 1. The number of aliphatic hydroxyl groups is 1. The Morgan fingerprint density at radius 3 is 2.81 bits per heavy atom. The number of para-hydroxylation sites is 1. The average Bonchev–Trinajstić information content (AvgIpc) is 2.46. The van der Waals surface area contributed by atoms with Crippen molar-refractivity contribution in [2.45, 2.75) is 45.7 Å². The Morgan fingerprint density at radius 2 is 2.14 bits per heavy atom. The summed E-state index contributed by atoms with van der Waals surface area (Å²) in [5, 5.41) is 12.5. The number of carbonyl (C=O) groups is 1. The van der Waals surface area contributed by atoms with Crippen molar-refractivity contribution >= 4 is 11.6 Å². The van der Waals surface area contributed by atoms with Gasteiger partial charge in [0.05, 0.1) is 5.92 Å². The van der Waals surface area contributed by atoms with Crippen LogP contribution in [0, 0.1) is 5.92 Å². The van der Waals surface area contributed by atoms with E-state index in [0.29, 0.717) is 13.0 Å². The second-order valence-electron chi connectivity index (χ2n) is 6.10. The van der Waals surface area contributed by atoms with E-state index in [9.17, 15) is 4.79 Å². The molecule has 1 aromatic carbocycles. The predicted octanol–water partition coefficient (Wildman–Crippen LogP) is 2.28. The van der Waals surface area contributed by atoms with E-state index in [2.05, 4.69) is 24.4 Å². The van der Waals surface area contributed by atoms with Crippen molar-refractivity contribution in [1.82, 2.24) is 4.90 Å². The lowest BCUT2D eigenvalue weighted by atomic mass is 9.86. The number of carbonyl (C=O) groups excluding carboxylic acids is 1. The van der Waals surface area contributed by atoms with Crippen LogP contribution in [0.1, 0.15) is 32.8 Å². The van der Waals surface area contributed by atoms with Crippen molar-refractivity contribution in [3.63, 3.8) is 0 Å². The first kappa shape index (κ1) is 15.8. The Bertz CT molecular complexity index is 487. The maximum Gasteiger partial charge on any atom is 0.228 e. The van der Waals surface area contributed by atoms with Gasteiger partial charge in [-0.1, -0.05) is 18.2 Å². The van der Waals surface area contributed by atoms with Gasteiger partial charge in [0.2, 0.25) is 5.91 Å². The van der Waals surface area contributed by atoms with Crippen molar-refractivity contribution in [3.8, 4) is 0 Å². The fraction of sp³-hybridized carbons (Fsp3) is 0.588. The fourth-order valence-electron chi connectivity index (χ4n) is 2.98. The van der Waals surface area contributed by atoms with Gasteiger partial charge in [-0.2, -0.15) is 0 Å². The van der Waals surface area contributed by atoms with Crippen LogP contribution >= 0.6 is 0 Å². The number of hydrogen-bond acceptors (Lipinski definition) is 3. The summed E-state index contributed by atoms with van der Waals surface area (Å²) in [6, 6.07) is 8.48. The number of benzene rings is 1. The molecule has 116 valence electrons. The van der Waals surface area contributed by atoms with Gasteiger partial charge in [-0.3, -0.25) is 4.79 Å². The summed E-state index contributed by atoms with van der Waals surface area (Å²) in [7, 11) is 0. The molecule has 21 heavy (non-hydrogen) atoms. The summed E-state index contributed by atoms with van der Waals surface area (Å²) in [4.78, 5) is 14.8. The van der Waals surface area contributed by atoms with E-state index < -0.39 is 0 Å². The van der Waals surface area contributed by atoms with Gasteiger partial charge in [0, 0.05) is 30.9 Å². The van der Waals surface area contributed by atoms with Gasteiger partial charge >= 0.3 is 0 Å². The van der Waals surface area contributed by atoms with Gasteiger partial charge in [-0.05, 0) is 45.2 Å². The zero-order valence-electron chi connectivity index (χ0n) is 13.2. The summed E-state index contributed by atoms with van der Waals surface area (Å²) in [6.07, 6.45) is 1.42. The van der Waals surface area contributed by atoms with E-state index in [-0.39, 0.29) is 30.5 Å². The molecule has 0 radical (unpaired) electrons. The normalized spacial score (nSPS) is 20.8. The maximum atomic E-state index is 12.9. The molecule has 2 rings (SSSR count). The third-order valence-electron chi connectivity index (χ3n) is 4.22. The largest absolute Gasteiger partial charge is 0.396 e. The van der Waals surface area contributed by atoms with Crippen molar-refractivity contribution in [3.05, 3.63) is 29.8 Å². The van der Waals surface area contributed by atoms with E-state index >= 15 is 0 Å². The van der Waals surface area contributed by atoms with E-state index in [4.69, 9.17) is 5.11 Å². The van der Waals surface area contributed by atoms with Crippen molar-refractivity contribution in [1.29, 1.82) is 0 Å². The highest BCUT2D eigenvalue weighted by Crippen LogP contribution is 2.29. The van der Waals surface area contributed by atoms with Gasteiger partial charge in [-0.15, -0.1) is 0 Å². The van der Waals surface area contributed by atoms with E-state index in [1.165, 1.54) is 5.56 Å². The third kappa shape index (κ3) is 3.56. The molecular weight excluding hydrogens is 264 g/mol. The summed E-state index contributed by atoms with van der Waals surface area (Å²) in [5.74, 6) is 0.147. The molecule has 0 fully saturated rings. The standard InChI is InChI=1S/C17H26N2O2/c1-12(2)19(9-6-10-20)17(21)15-11-14-7-4-5-8-16(14)18-13(15)3/h4-5,7-8,12-13,15,18,20H,6,9-11H2,1-3H3. The van der Waals surface area contributed by atoms with Crippen LogP contribution in [0.15, 0.2) is 24.3 Å². The lowest BCUT2D eigenvalue weighted by molar-refractivity contribution is -0.137. The molecule has 2 N–H and O–H groups in total. The number of anilines is 1. The van der Waals surface area contributed by atoms with Gasteiger partial charge < -0.3 is 15.3 Å². The molecule has 0 bridgehead atoms. The van der Waals surface area contributed by atoms with Crippen LogP contribution in [-0.4, -0.2) is 41.1 Å². The lowest BCUT2D eigenvalue weighted by Gasteiger charge is -2.37. The van der Waals surface area contributed by atoms with Crippen LogP contribution < -0.4 is 5.32 Å². The minimum atomic E-state index is -0.0407. The molecule has 4 heteroatoms. The zero-order valence-corrected chi connectivity index (χ0v) is 13.2. The Morgan fingerprint density at radius 1 is 1.43 bits per heavy atom. The van der Waals surface area contributed by atoms with Crippen LogP contribution in [0.4, 0.5) is 5.69 Å². The zero-order chi connectivity index (χ0) is 15.4. The number of rotatable bonds is 5. The number of amides is 1. The van der Waals surface area contributed by atoms with Gasteiger partial charge in [0.15, 0.2) is 0 Å². The van der Waals surface area contributed by atoms with Gasteiger partial charge in [0.25, 0.3) is 0 Å². The van der Waals surface area contributed by atoms with Crippen LogP contribution in [0.5, 0.6) is 0 Å². The average molecular weight is 290 g/mol. The summed E-state index contributed by atoms with van der Waals surface area (Å²) in [6.45, 7) is 6.88. The second kappa shape index (κ2) is 6.94. The monoisotopic (exact) mass is 290 g/mol. The number of fused-ring (bicyclic) bond motifs is 1. The highest BCUT2D eigenvalue weighted by atomic mass is 16.3. The Balaban J connectivity index is 2.14. The molecular formula is C17H26N2O2. The van der Waals surface area contributed by atoms with Crippen LogP contribution in [0.25, 0.3) is 0 Å². The number of nitrogens with one attached hydrogen (secondary N) is 1. The first-order chi connectivity index (χ1) is 10.0. The van der Waals surface area contributed by atoms with Gasteiger partial charge in [0.1, 0.15) is 0 Å². The van der Waals surface area contributed by atoms with Crippen LogP contribution in [-0.2, 0) is 11.2 Å². The SMILES string of the molecule is CC1Nc2ccccc2CC1C(=O)N(CCCO)C(C)C. The highest BCUT2D eigenvalue weighted by Gasteiger charge is 2.33. The molecule has 0 aliphatic carbocycles. The smallest absolute Gasteiger partial charge is 0.228 e. The van der Waals surface area contributed by atoms with Gasteiger partial charge in [-0.25, -0.2) is 0 Å². The Labute approximate surface area is 127 Å². The molecule has 0 aromatic heterocycles. The topological polar surface area (TPSA) is 52.6 Å². The molecule has 1 heterocycles. The van der Waals surface area contributed by atoms with Crippen molar-refractivity contribution < 1.29 is 9.90 Å². The first-order valence-electron chi connectivity index (χ1n) is 7.80. The van der Waals surface area contributed by atoms with Crippen molar-refractivity contribution in [2.75, 3.05) is 18.5 Å². The molecule has 0 spiro atoms. The summed E-state index contributed by atoms with van der Waals surface area (Å²) < 4.78 is 0. The van der Waals surface area contributed by atoms with E-state index in [0.717, 1.165) is 12.1 Å². The second-order valence-corrected chi connectivity index (χ2v) is 6.10. The molecule has 1 aromatic rings. The maximum absolute atomic E-state index is 12.9. The summed E-state index contributed by atoms with van der Waals surface area (Å²) in [5.41, 5.74) is 2.35. The van der Waals surface area contributed by atoms with Crippen molar-refractivity contribution in [2.24, 2.45) is 5.92 Å². The number of aliphatic hydroxyl groups excluding tert-OH is 1. The minimum Gasteiger partial charge on any atom is -0.396 e. The molecule has 2 atom stereocenters. The quantitative estimate of drug-likeness (QED) is 0.875. The molecule has 1 amide bonds. The van der Waals surface area contributed by atoms with Crippen LogP contribution in [0.3, 0.4) is 0 Å². The third-order valence-corrected chi connectivity index (χ3v) is 4.22. The molecule has 0 saturated carbocycles. The molecule has 4 nitrogen and oxygen atoms in total. The molecule has 0 saturated heterocycles. The first-order valence-corrected chi connectivity index (χ1v) is 7.80. The van der Waals surface area contributed by atoms with E-state index in [1.807, 2.05) is 30.9 Å². The highest BCUT2D eigenvalue weighted by molar-refractivity contribution is 5.82. The molecule has 2 unspecified atom stereocenters. The number of hydrogen-bond donors (Lipinski definition) is 2. The summed E-state index contributed by atoms with van der Waals surface area (Å²) >= 11 is 0.